The van der Waals surface area contributed by atoms with Crippen LogP contribution in [0.25, 0.3) is 0 Å². The fourth-order valence-electron chi connectivity index (χ4n) is 4.85. The van der Waals surface area contributed by atoms with Gasteiger partial charge in [0.15, 0.2) is 0 Å². The highest BCUT2D eigenvalue weighted by atomic mass is 16.5. The summed E-state index contributed by atoms with van der Waals surface area (Å²) in [4.78, 5) is 12.8. The SMILES string of the molecule is CCC(C(=O)OCC(O)CC1CCCCC1COC)(C(C)C)C(C)C. The summed E-state index contributed by atoms with van der Waals surface area (Å²) >= 11 is 0. The molecule has 0 bridgehead atoms. The van der Waals surface area contributed by atoms with Crippen LogP contribution in [-0.4, -0.2) is 37.5 Å². The van der Waals surface area contributed by atoms with Crippen LogP contribution in [0.1, 0.15) is 73.1 Å². The van der Waals surface area contributed by atoms with Crippen LogP contribution in [0, 0.1) is 29.1 Å². The molecule has 148 valence electrons. The molecule has 1 N–H and O–H groups in total. The second-order valence-corrected chi connectivity index (χ2v) is 8.45. The van der Waals surface area contributed by atoms with Crippen molar-refractivity contribution < 1.29 is 19.4 Å². The molecule has 3 atom stereocenters. The molecular formula is C21H40O4. The number of ether oxygens (including phenoxy) is 2. The van der Waals surface area contributed by atoms with Gasteiger partial charge in [-0.3, -0.25) is 4.79 Å². The molecule has 0 aromatic rings. The van der Waals surface area contributed by atoms with Crippen LogP contribution in [0.3, 0.4) is 0 Å². The maximum absolute atomic E-state index is 12.8. The highest BCUT2D eigenvalue weighted by Gasteiger charge is 2.44. The quantitative estimate of drug-likeness (QED) is 0.588. The van der Waals surface area contributed by atoms with Crippen molar-refractivity contribution in [2.24, 2.45) is 29.1 Å². The summed E-state index contributed by atoms with van der Waals surface area (Å²) in [5.74, 6) is 1.26. The predicted molar refractivity (Wildman–Crippen MR) is 101 cm³/mol. The van der Waals surface area contributed by atoms with Crippen LogP contribution in [-0.2, 0) is 14.3 Å². The molecule has 4 nitrogen and oxygen atoms in total. The predicted octanol–water partition coefficient (Wildman–Crippen LogP) is 4.44. The Kier molecular flexibility index (Phi) is 9.44. The molecule has 0 amide bonds. The highest BCUT2D eigenvalue weighted by molar-refractivity contribution is 5.77. The summed E-state index contributed by atoms with van der Waals surface area (Å²) in [7, 11) is 1.74. The van der Waals surface area contributed by atoms with Crippen molar-refractivity contribution in [1.29, 1.82) is 0 Å². The zero-order chi connectivity index (χ0) is 19.0. The van der Waals surface area contributed by atoms with E-state index in [-0.39, 0.29) is 24.4 Å². The van der Waals surface area contributed by atoms with Gasteiger partial charge in [0, 0.05) is 13.7 Å². The Morgan fingerprint density at radius 1 is 1.12 bits per heavy atom. The van der Waals surface area contributed by atoms with Crippen molar-refractivity contribution in [2.45, 2.75) is 79.2 Å². The van der Waals surface area contributed by atoms with Gasteiger partial charge >= 0.3 is 5.97 Å². The fraction of sp³-hybridized carbons (Fsp3) is 0.952. The van der Waals surface area contributed by atoms with Crippen LogP contribution >= 0.6 is 0 Å². The summed E-state index contributed by atoms with van der Waals surface area (Å²) in [5, 5.41) is 10.4. The van der Waals surface area contributed by atoms with Crippen LogP contribution in [0.15, 0.2) is 0 Å². The summed E-state index contributed by atoms with van der Waals surface area (Å²) in [6, 6.07) is 0. The number of aliphatic hydroxyl groups is 1. The standard InChI is InChI=1S/C21H40O4/c1-7-21(15(2)3,16(4)5)20(23)25-14-19(22)12-17-10-8-9-11-18(17)13-24-6/h15-19,22H,7-14H2,1-6H3. The lowest BCUT2D eigenvalue weighted by Gasteiger charge is -2.38. The lowest BCUT2D eigenvalue weighted by molar-refractivity contribution is -0.166. The largest absolute Gasteiger partial charge is 0.462 e. The molecule has 0 heterocycles. The van der Waals surface area contributed by atoms with E-state index in [0.29, 0.717) is 18.3 Å². The molecule has 0 saturated heterocycles. The summed E-state index contributed by atoms with van der Waals surface area (Å²) in [6.07, 6.45) is 5.65. The molecule has 0 aromatic carbocycles. The van der Waals surface area contributed by atoms with Gasteiger partial charge < -0.3 is 14.6 Å². The van der Waals surface area contributed by atoms with E-state index >= 15 is 0 Å². The van der Waals surface area contributed by atoms with Crippen molar-refractivity contribution in [3.05, 3.63) is 0 Å². The van der Waals surface area contributed by atoms with E-state index in [2.05, 4.69) is 34.6 Å². The van der Waals surface area contributed by atoms with Crippen LogP contribution in [0.5, 0.6) is 0 Å². The van der Waals surface area contributed by atoms with Crippen molar-refractivity contribution >= 4 is 5.97 Å². The molecular weight excluding hydrogens is 316 g/mol. The zero-order valence-corrected chi connectivity index (χ0v) is 17.2. The minimum atomic E-state index is -0.583. The third-order valence-electron chi connectivity index (χ3n) is 6.45. The number of esters is 1. The number of aliphatic hydroxyl groups excluding tert-OH is 1. The molecule has 4 heteroatoms. The lowest BCUT2D eigenvalue weighted by Crippen LogP contribution is -2.43. The van der Waals surface area contributed by atoms with Crippen molar-refractivity contribution in [3.8, 4) is 0 Å². The topological polar surface area (TPSA) is 55.8 Å². The summed E-state index contributed by atoms with van der Waals surface area (Å²) in [5.41, 5.74) is -0.469. The van der Waals surface area contributed by atoms with Crippen molar-refractivity contribution in [2.75, 3.05) is 20.3 Å². The maximum Gasteiger partial charge on any atom is 0.312 e. The zero-order valence-electron chi connectivity index (χ0n) is 17.2. The van der Waals surface area contributed by atoms with Gasteiger partial charge in [-0.1, -0.05) is 47.5 Å². The van der Waals surface area contributed by atoms with Crippen molar-refractivity contribution in [3.63, 3.8) is 0 Å². The van der Waals surface area contributed by atoms with Gasteiger partial charge in [-0.2, -0.15) is 0 Å². The minimum absolute atomic E-state index is 0.107. The number of carbonyl (C=O) groups excluding carboxylic acids is 1. The molecule has 0 aliphatic heterocycles. The third-order valence-corrected chi connectivity index (χ3v) is 6.45. The van der Waals surface area contributed by atoms with Gasteiger partial charge in [0.25, 0.3) is 0 Å². The number of rotatable bonds is 10. The summed E-state index contributed by atoms with van der Waals surface area (Å²) in [6.45, 7) is 11.2. The average molecular weight is 357 g/mol. The second kappa shape index (κ2) is 10.5. The van der Waals surface area contributed by atoms with E-state index in [1.54, 1.807) is 7.11 Å². The Labute approximate surface area is 154 Å². The first-order valence-electron chi connectivity index (χ1n) is 10.1. The van der Waals surface area contributed by atoms with Gasteiger partial charge in [-0.25, -0.2) is 0 Å². The Morgan fingerprint density at radius 2 is 1.68 bits per heavy atom. The molecule has 1 rings (SSSR count). The molecule has 3 unspecified atom stereocenters. The lowest BCUT2D eigenvalue weighted by atomic mass is 9.67. The van der Waals surface area contributed by atoms with E-state index in [0.717, 1.165) is 19.4 Å². The third kappa shape index (κ3) is 5.68. The van der Waals surface area contributed by atoms with Gasteiger partial charge in [-0.15, -0.1) is 0 Å². The molecule has 1 saturated carbocycles. The Hall–Kier alpha value is -0.610. The van der Waals surface area contributed by atoms with Crippen molar-refractivity contribution in [1.82, 2.24) is 0 Å². The molecule has 25 heavy (non-hydrogen) atoms. The van der Waals surface area contributed by atoms with Gasteiger partial charge in [0.05, 0.1) is 11.5 Å². The average Bonchev–Trinajstić information content (AvgIpc) is 2.55. The first kappa shape index (κ1) is 22.4. The summed E-state index contributed by atoms with van der Waals surface area (Å²) < 4.78 is 10.9. The van der Waals surface area contributed by atoms with Crippen LogP contribution in [0.4, 0.5) is 0 Å². The van der Waals surface area contributed by atoms with Gasteiger partial charge in [0.2, 0.25) is 0 Å². The number of hydrogen-bond donors (Lipinski definition) is 1. The monoisotopic (exact) mass is 356 g/mol. The van der Waals surface area contributed by atoms with Gasteiger partial charge in [-0.05, 0) is 49.4 Å². The minimum Gasteiger partial charge on any atom is -0.462 e. The van der Waals surface area contributed by atoms with Crippen LogP contribution < -0.4 is 0 Å². The maximum atomic E-state index is 12.8. The fourth-order valence-corrected chi connectivity index (χ4v) is 4.85. The molecule has 1 aliphatic rings. The van der Waals surface area contributed by atoms with E-state index in [1.165, 1.54) is 19.3 Å². The van der Waals surface area contributed by atoms with E-state index in [1.807, 2.05) is 0 Å². The number of hydrogen-bond acceptors (Lipinski definition) is 4. The molecule has 0 aromatic heterocycles. The van der Waals surface area contributed by atoms with E-state index in [9.17, 15) is 9.90 Å². The van der Waals surface area contributed by atoms with E-state index < -0.39 is 11.5 Å². The number of carbonyl (C=O) groups is 1. The molecule has 0 spiro atoms. The Balaban J connectivity index is 2.59. The Morgan fingerprint density at radius 3 is 2.16 bits per heavy atom. The number of methoxy groups -OCH3 is 1. The molecule has 0 radical (unpaired) electrons. The Bertz CT molecular complexity index is 381. The second-order valence-electron chi connectivity index (χ2n) is 8.45. The normalized spacial score (nSPS) is 23.1. The first-order chi connectivity index (χ1) is 11.8. The highest BCUT2D eigenvalue weighted by Crippen LogP contribution is 2.40. The smallest absolute Gasteiger partial charge is 0.312 e. The molecule has 1 fully saturated rings. The first-order valence-corrected chi connectivity index (χ1v) is 10.1. The van der Waals surface area contributed by atoms with Gasteiger partial charge in [0.1, 0.15) is 6.61 Å². The molecule has 1 aliphatic carbocycles. The van der Waals surface area contributed by atoms with E-state index in [4.69, 9.17) is 9.47 Å². The van der Waals surface area contributed by atoms with Crippen LogP contribution in [0.2, 0.25) is 0 Å².